The maximum atomic E-state index is 12.1. The molecule has 1 aromatic carbocycles. The lowest BCUT2D eigenvalue weighted by Gasteiger charge is -2.38. The lowest BCUT2D eigenvalue weighted by Crippen LogP contribution is -2.63. The van der Waals surface area contributed by atoms with Gasteiger partial charge in [0.25, 0.3) is 5.91 Å². The van der Waals surface area contributed by atoms with Gasteiger partial charge in [0, 0.05) is 10.9 Å². The molecule has 1 saturated heterocycles. The van der Waals surface area contributed by atoms with Crippen molar-refractivity contribution in [1.29, 1.82) is 0 Å². The van der Waals surface area contributed by atoms with Crippen molar-refractivity contribution in [2.24, 2.45) is 0 Å². The molecule has 106 valence electrons. The Morgan fingerprint density at radius 2 is 2.15 bits per heavy atom. The summed E-state index contributed by atoms with van der Waals surface area (Å²) < 4.78 is 22.4. The fraction of sp³-hybridized carbons (Fsp3) is 0.333. The number of fused-ring (bicyclic) bond motifs is 1. The zero-order chi connectivity index (χ0) is 14.5. The normalized spacial score (nSPS) is 19.4. The van der Waals surface area contributed by atoms with E-state index in [1.54, 1.807) is 25.1 Å². The standard InChI is InChI=1S/C12H13N3O4S/c1-12(6-20(18,19)7-12)14-11(16)8-2-3-10-9(4-8)5-13-15(10)17/h2-5,17H,6-7H2,1H3,(H,14,16). The second-order valence-electron chi connectivity index (χ2n) is 5.35. The van der Waals surface area contributed by atoms with Crippen LogP contribution in [0.1, 0.15) is 17.3 Å². The average molecular weight is 295 g/mol. The summed E-state index contributed by atoms with van der Waals surface area (Å²) in [5.74, 6) is -0.416. The van der Waals surface area contributed by atoms with Gasteiger partial charge in [-0.3, -0.25) is 4.79 Å². The first kappa shape index (κ1) is 12.9. The molecule has 0 saturated carbocycles. The highest BCUT2D eigenvalue weighted by molar-refractivity contribution is 7.93. The molecule has 0 radical (unpaired) electrons. The Hall–Kier alpha value is -2.09. The maximum absolute atomic E-state index is 12.1. The van der Waals surface area contributed by atoms with E-state index in [2.05, 4.69) is 10.4 Å². The molecular formula is C12H13N3O4S. The predicted octanol–water partition coefficient (Wildman–Crippen LogP) is 0.190. The molecule has 0 atom stereocenters. The Kier molecular flexibility index (Phi) is 2.55. The van der Waals surface area contributed by atoms with Crippen LogP contribution in [0.4, 0.5) is 0 Å². The minimum Gasteiger partial charge on any atom is -0.411 e. The van der Waals surface area contributed by atoms with Crippen LogP contribution in [-0.4, -0.2) is 46.5 Å². The van der Waals surface area contributed by atoms with Gasteiger partial charge in [0.05, 0.1) is 23.2 Å². The SMILES string of the molecule is CC1(NC(=O)c2ccc3c(cnn3O)c2)CS(=O)(=O)C1. The number of nitrogens with one attached hydrogen (secondary N) is 1. The first-order valence-corrected chi connectivity index (χ1v) is 7.80. The fourth-order valence-electron chi connectivity index (χ4n) is 2.51. The molecule has 1 aliphatic rings. The number of rotatable bonds is 2. The third-order valence-electron chi connectivity index (χ3n) is 3.30. The van der Waals surface area contributed by atoms with Crippen LogP contribution in [0.25, 0.3) is 10.9 Å². The topological polar surface area (TPSA) is 101 Å². The van der Waals surface area contributed by atoms with Crippen LogP contribution in [0.2, 0.25) is 0 Å². The van der Waals surface area contributed by atoms with E-state index in [1.165, 1.54) is 6.20 Å². The number of sulfone groups is 1. The van der Waals surface area contributed by atoms with Gasteiger partial charge in [-0.1, -0.05) is 0 Å². The molecule has 1 aliphatic heterocycles. The zero-order valence-electron chi connectivity index (χ0n) is 10.7. The summed E-state index contributed by atoms with van der Waals surface area (Å²) in [6, 6.07) is 4.74. The molecule has 1 amide bonds. The largest absolute Gasteiger partial charge is 0.411 e. The van der Waals surface area contributed by atoms with E-state index in [1.807, 2.05) is 0 Å². The Labute approximate surface area is 115 Å². The number of carbonyl (C=O) groups is 1. The minimum atomic E-state index is -3.01. The summed E-state index contributed by atoms with van der Waals surface area (Å²) in [5.41, 5.74) is 0.196. The second-order valence-corrected chi connectivity index (χ2v) is 7.42. The van der Waals surface area contributed by atoms with Gasteiger partial charge >= 0.3 is 0 Å². The molecule has 2 N–H and O–H groups in total. The van der Waals surface area contributed by atoms with Gasteiger partial charge in [-0.2, -0.15) is 0 Å². The zero-order valence-corrected chi connectivity index (χ0v) is 11.5. The number of aromatic nitrogens is 2. The molecule has 0 spiro atoms. The first-order chi connectivity index (χ1) is 9.28. The molecule has 2 heterocycles. The van der Waals surface area contributed by atoms with E-state index in [9.17, 15) is 18.4 Å². The summed E-state index contributed by atoms with van der Waals surface area (Å²) >= 11 is 0. The van der Waals surface area contributed by atoms with Crippen molar-refractivity contribution in [3.63, 3.8) is 0 Å². The van der Waals surface area contributed by atoms with Crippen LogP contribution >= 0.6 is 0 Å². The quantitative estimate of drug-likeness (QED) is 0.770. The van der Waals surface area contributed by atoms with Crippen LogP contribution in [0.15, 0.2) is 24.4 Å². The highest BCUT2D eigenvalue weighted by Crippen LogP contribution is 2.24. The smallest absolute Gasteiger partial charge is 0.251 e. The molecule has 8 heteroatoms. The monoisotopic (exact) mass is 295 g/mol. The highest BCUT2D eigenvalue weighted by atomic mass is 32.2. The van der Waals surface area contributed by atoms with Gasteiger partial charge in [0.15, 0.2) is 9.84 Å². The van der Waals surface area contributed by atoms with E-state index in [0.717, 1.165) is 4.85 Å². The molecule has 1 fully saturated rings. The Balaban J connectivity index is 1.82. The van der Waals surface area contributed by atoms with Gasteiger partial charge in [0.1, 0.15) is 5.52 Å². The van der Waals surface area contributed by atoms with Crippen LogP contribution < -0.4 is 5.32 Å². The van der Waals surface area contributed by atoms with Crippen LogP contribution in [-0.2, 0) is 9.84 Å². The van der Waals surface area contributed by atoms with Crippen molar-refractivity contribution in [2.75, 3.05) is 11.5 Å². The van der Waals surface area contributed by atoms with E-state index in [-0.39, 0.29) is 17.4 Å². The Morgan fingerprint density at radius 1 is 1.45 bits per heavy atom. The van der Waals surface area contributed by atoms with Crippen LogP contribution in [0.3, 0.4) is 0 Å². The van der Waals surface area contributed by atoms with Crippen molar-refractivity contribution < 1.29 is 18.4 Å². The average Bonchev–Trinajstić information content (AvgIpc) is 2.67. The van der Waals surface area contributed by atoms with E-state index >= 15 is 0 Å². The third kappa shape index (κ3) is 2.11. The number of nitrogens with zero attached hydrogens (tertiary/aromatic N) is 2. The van der Waals surface area contributed by atoms with Crippen molar-refractivity contribution >= 4 is 26.6 Å². The van der Waals surface area contributed by atoms with Crippen molar-refractivity contribution in [3.8, 4) is 0 Å². The molecule has 2 aromatic rings. The van der Waals surface area contributed by atoms with E-state index < -0.39 is 15.4 Å². The minimum absolute atomic E-state index is 0.0391. The number of amides is 1. The lowest BCUT2D eigenvalue weighted by atomic mass is 10.1. The molecule has 7 nitrogen and oxygen atoms in total. The molecule has 3 rings (SSSR count). The maximum Gasteiger partial charge on any atom is 0.251 e. The summed E-state index contributed by atoms with van der Waals surface area (Å²) in [7, 11) is -3.01. The number of carbonyl (C=O) groups excluding carboxylic acids is 1. The van der Waals surface area contributed by atoms with Gasteiger partial charge < -0.3 is 10.5 Å². The lowest BCUT2D eigenvalue weighted by molar-refractivity contribution is 0.0917. The summed E-state index contributed by atoms with van der Waals surface area (Å²) in [6.07, 6.45) is 1.45. The van der Waals surface area contributed by atoms with Gasteiger partial charge in [0.2, 0.25) is 0 Å². The van der Waals surface area contributed by atoms with Crippen LogP contribution in [0, 0.1) is 0 Å². The second kappa shape index (κ2) is 3.95. The summed E-state index contributed by atoms with van der Waals surface area (Å²) in [6.45, 7) is 1.70. The van der Waals surface area contributed by atoms with E-state index in [0.29, 0.717) is 16.5 Å². The molecular weight excluding hydrogens is 282 g/mol. The summed E-state index contributed by atoms with van der Waals surface area (Å²) in [4.78, 5) is 12.9. The molecule has 20 heavy (non-hydrogen) atoms. The Morgan fingerprint density at radius 3 is 2.80 bits per heavy atom. The number of hydrogen-bond acceptors (Lipinski definition) is 5. The van der Waals surface area contributed by atoms with E-state index in [4.69, 9.17) is 0 Å². The third-order valence-corrected chi connectivity index (χ3v) is 5.46. The van der Waals surface area contributed by atoms with Gasteiger partial charge in [-0.25, -0.2) is 8.42 Å². The van der Waals surface area contributed by atoms with Crippen LogP contribution in [0.5, 0.6) is 0 Å². The van der Waals surface area contributed by atoms with Crippen molar-refractivity contribution in [3.05, 3.63) is 30.0 Å². The van der Waals surface area contributed by atoms with Crippen molar-refractivity contribution in [2.45, 2.75) is 12.5 Å². The summed E-state index contributed by atoms with van der Waals surface area (Å²) in [5, 5.41) is 16.4. The first-order valence-electron chi connectivity index (χ1n) is 5.98. The van der Waals surface area contributed by atoms with Gasteiger partial charge in [-0.15, -0.1) is 9.94 Å². The number of benzene rings is 1. The van der Waals surface area contributed by atoms with Gasteiger partial charge in [-0.05, 0) is 25.1 Å². The van der Waals surface area contributed by atoms with Crippen molar-refractivity contribution in [1.82, 2.24) is 15.3 Å². The molecule has 0 bridgehead atoms. The Bertz CT molecular complexity index is 797. The predicted molar refractivity (Wildman–Crippen MR) is 71.4 cm³/mol. The number of hydrogen-bond donors (Lipinski definition) is 2. The highest BCUT2D eigenvalue weighted by Gasteiger charge is 2.45. The molecule has 1 aromatic heterocycles. The fourth-order valence-corrected chi connectivity index (χ4v) is 4.51. The molecule has 0 unspecified atom stereocenters. The molecule has 0 aliphatic carbocycles.